The molecule has 0 saturated heterocycles. The van der Waals surface area contributed by atoms with Crippen molar-refractivity contribution in [3.8, 4) is 16.9 Å². The highest BCUT2D eigenvalue weighted by Crippen LogP contribution is 2.33. The van der Waals surface area contributed by atoms with E-state index in [4.69, 9.17) is 4.74 Å². The number of anilines is 1. The van der Waals surface area contributed by atoms with Gasteiger partial charge in [0.2, 0.25) is 0 Å². The lowest BCUT2D eigenvalue weighted by molar-refractivity contribution is -0.131. The molecular formula is C22H18N2O3. The van der Waals surface area contributed by atoms with Gasteiger partial charge in [-0.3, -0.25) is 14.6 Å². The molecule has 0 bridgehead atoms. The van der Waals surface area contributed by atoms with Crippen molar-refractivity contribution in [3.05, 3.63) is 78.1 Å². The van der Waals surface area contributed by atoms with Crippen molar-refractivity contribution >= 4 is 17.6 Å². The monoisotopic (exact) mass is 358 g/mol. The molecule has 1 aliphatic heterocycles. The van der Waals surface area contributed by atoms with Gasteiger partial charge in [0.1, 0.15) is 5.75 Å². The van der Waals surface area contributed by atoms with E-state index in [0.29, 0.717) is 17.9 Å². The van der Waals surface area contributed by atoms with Gasteiger partial charge in [0.25, 0.3) is 5.91 Å². The summed E-state index contributed by atoms with van der Waals surface area (Å²) < 4.78 is 5.02. The summed E-state index contributed by atoms with van der Waals surface area (Å²) in [5, 5.41) is 0. The van der Waals surface area contributed by atoms with Crippen LogP contribution in [0.4, 0.5) is 5.69 Å². The van der Waals surface area contributed by atoms with Crippen molar-refractivity contribution < 1.29 is 14.3 Å². The predicted molar refractivity (Wildman–Crippen MR) is 103 cm³/mol. The molecular weight excluding hydrogens is 340 g/mol. The average Bonchev–Trinajstić information content (AvgIpc) is 3.11. The first kappa shape index (κ1) is 17.0. The summed E-state index contributed by atoms with van der Waals surface area (Å²) in [6.45, 7) is 2.00. The van der Waals surface area contributed by atoms with E-state index in [-0.39, 0.29) is 11.9 Å². The highest BCUT2D eigenvalue weighted by Gasteiger charge is 2.25. The molecule has 0 saturated carbocycles. The quantitative estimate of drug-likeness (QED) is 0.527. The van der Waals surface area contributed by atoms with Crippen LogP contribution in [0.1, 0.15) is 22.8 Å². The van der Waals surface area contributed by atoms with Gasteiger partial charge in [0.05, 0.1) is 0 Å². The topological polar surface area (TPSA) is 59.5 Å². The van der Waals surface area contributed by atoms with Gasteiger partial charge in [-0.1, -0.05) is 6.07 Å². The first-order valence-electron chi connectivity index (χ1n) is 8.75. The van der Waals surface area contributed by atoms with Gasteiger partial charge < -0.3 is 9.64 Å². The van der Waals surface area contributed by atoms with Crippen LogP contribution < -0.4 is 9.64 Å². The Kier molecular flexibility index (Phi) is 4.42. The third kappa shape index (κ3) is 3.44. The average molecular weight is 358 g/mol. The van der Waals surface area contributed by atoms with Gasteiger partial charge in [-0.25, -0.2) is 0 Å². The molecule has 5 heteroatoms. The maximum Gasteiger partial charge on any atom is 0.308 e. The molecule has 5 nitrogen and oxygen atoms in total. The number of hydrogen-bond donors (Lipinski definition) is 0. The van der Waals surface area contributed by atoms with Gasteiger partial charge in [-0.15, -0.1) is 0 Å². The lowest BCUT2D eigenvalue weighted by Gasteiger charge is -2.18. The van der Waals surface area contributed by atoms with Gasteiger partial charge in [0.15, 0.2) is 0 Å². The van der Waals surface area contributed by atoms with E-state index in [1.54, 1.807) is 41.6 Å². The maximum atomic E-state index is 12.9. The van der Waals surface area contributed by atoms with Crippen molar-refractivity contribution in [1.29, 1.82) is 0 Å². The molecule has 0 aliphatic carbocycles. The van der Waals surface area contributed by atoms with Crippen LogP contribution in [0.25, 0.3) is 11.1 Å². The fourth-order valence-corrected chi connectivity index (χ4v) is 3.32. The molecule has 134 valence electrons. The normalized spacial score (nSPS) is 12.6. The Morgan fingerprint density at radius 1 is 0.963 bits per heavy atom. The Bertz CT molecular complexity index is 998. The first-order chi connectivity index (χ1) is 13.1. The minimum atomic E-state index is -0.382. The molecule has 27 heavy (non-hydrogen) atoms. The fourth-order valence-electron chi connectivity index (χ4n) is 3.32. The van der Waals surface area contributed by atoms with Crippen LogP contribution in [0.5, 0.6) is 5.75 Å². The van der Waals surface area contributed by atoms with Crippen molar-refractivity contribution in [2.24, 2.45) is 0 Å². The van der Waals surface area contributed by atoms with Crippen molar-refractivity contribution in [3.63, 3.8) is 0 Å². The second-order valence-corrected chi connectivity index (χ2v) is 6.40. The lowest BCUT2D eigenvalue weighted by atomic mass is 10.0. The number of carbonyl (C=O) groups excluding carboxylic acids is 2. The maximum absolute atomic E-state index is 12.9. The van der Waals surface area contributed by atoms with Crippen LogP contribution in [0.3, 0.4) is 0 Å². The zero-order chi connectivity index (χ0) is 18.8. The largest absolute Gasteiger partial charge is 0.427 e. The number of fused-ring (bicyclic) bond motifs is 1. The van der Waals surface area contributed by atoms with E-state index in [1.165, 1.54) is 6.92 Å². The van der Waals surface area contributed by atoms with E-state index < -0.39 is 0 Å². The van der Waals surface area contributed by atoms with Gasteiger partial charge in [0, 0.05) is 37.1 Å². The molecule has 1 amide bonds. The highest BCUT2D eigenvalue weighted by atomic mass is 16.5. The van der Waals surface area contributed by atoms with E-state index in [0.717, 1.165) is 28.8 Å². The number of hydrogen-bond acceptors (Lipinski definition) is 4. The van der Waals surface area contributed by atoms with Crippen LogP contribution in [0, 0.1) is 0 Å². The van der Waals surface area contributed by atoms with Crippen LogP contribution in [-0.4, -0.2) is 23.4 Å². The fraction of sp³-hybridized carbons (Fsp3) is 0.136. The number of amides is 1. The van der Waals surface area contributed by atoms with Gasteiger partial charge in [-0.2, -0.15) is 0 Å². The first-order valence-corrected chi connectivity index (χ1v) is 8.75. The van der Waals surface area contributed by atoms with Gasteiger partial charge >= 0.3 is 5.97 Å². The SMILES string of the molecule is CC(=O)Oc1ccc(C(=O)N2CCc3cc(-c4ccncc4)ccc32)cc1. The molecule has 4 rings (SSSR count). The molecule has 0 unspecified atom stereocenters. The summed E-state index contributed by atoms with van der Waals surface area (Å²) in [5.74, 6) is -0.00445. The van der Waals surface area contributed by atoms with Crippen LogP contribution in [-0.2, 0) is 11.2 Å². The molecule has 1 aliphatic rings. The highest BCUT2D eigenvalue weighted by molar-refractivity contribution is 6.07. The Morgan fingerprint density at radius 3 is 2.41 bits per heavy atom. The second-order valence-electron chi connectivity index (χ2n) is 6.40. The molecule has 2 heterocycles. The number of ether oxygens (including phenoxy) is 1. The summed E-state index contributed by atoms with van der Waals surface area (Å²) >= 11 is 0. The minimum Gasteiger partial charge on any atom is -0.427 e. The molecule has 0 fully saturated rings. The Morgan fingerprint density at radius 2 is 1.70 bits per heavy atom. The van der Waals surface area contributed by atoms with Crippen molar-refractivity contribution in [2.75, 3.05) is 11.4 Å². The Labute approximate surface area is 157 Å². The van der Waals surface area contributed by atoms with Gasteiger partial charge in [-0.05, 0) is 71.6 Å². The number of pyridine rings is 1. The van der Waals surface area contributed by atoms with Crippen LogP contribution in [0.2, 0.25) is 0 Å². The smallest absolute Gasteiger partial charge is 0.308 e. The number of rotatable bonds is 3. The zero-order valence-electron chi connectivity index (χ0n) is 14.9. The van der Waals surface area contributed by atoms with Crippen molar-refractivity contribution in [2.45, 2.75) is 13.3 Å². The third-order valence-corrected chi connectivity index (χ3v) is 4.60. The molecule has 0 radical (unpaired) electrons. The number of nitrogens with zero attached hydrogens (tertiary/aromatic N) is 2. The Balaban J connectivity index is 1.57. The number of carbonyl (C=O) groups is 2. The summed E-state index contributed by atoms with van der Waals surface area (Å²) in [4.78, 5) is 29.8. The molecule has 3 aromatic rings. The summed E-state index contributed by atoms with van der Waals surface area (Å²) in [5.41, 5.74) is 4.91. The van der Waals surface area contributed by atoms with E-state index >= 15 is 0 Å². The zero-order valence-corrected chi connectivity index (χ0v) is 14.9. The van der Waals surface area contributed by atoms with E-state index in [2.05, 4.69) is 11.1 Å². The molecule has 2 aromatic carbocycles. The molecule has 0 N–H and O–H groups in total. The standard InChI is InChI=1S/C22H18N2O3/c1-15(25)27-20-5-2-17(3-6-20)22(26)24-13-10-19-14-18(4-7-21(19)24)16-8-11-23-12-9-16/h2-9,11-12,14H,10,13H2,1H3. The number of aromatic nitrogens is 1. The summed E-state index contributed by atoms with van der Waals surface area (Å²) in [6, 6.07) is 16.8. The van der Waals surface area contributed by atoms with Crippen LogP contribution in [0.15, 0.2) is 67.0 Å². The Hall–Kier alpha value is -3.47. The predicted octanol–water partition coefficient (Wildman–Crippen LogP) is 3.88. The number of esters is 1. The summed E-state index contributed by atoms with van der Waals surface area (Å²) in [7, 11) is 0. The molecule has 1 aromatic heterocycles. The van der Waals surface area contributed by atoms with Crippen molar-refractivity contribution in [1.82, 2.24) is 4.98 Å². The van der Waals surface area contributed by atoms with E-state index in [9.17, 15) is 9.59 Å². The lowest BCUT2D eigenvalue weighted by Crippen LogP contribution is -2.28. The molecule has 0 atom stereocenters. The minimum absolute atomic E-state index is 0.0558. The number of benzene rings is 2. The third-order valence-electron chi connectivity index (χ3n) is 4.60. The van der Waals surface area contributed by atoms with E-state index in [1.807, 2.05) is 24.3 Å². The summed E-state index contributed by atoms with van der Waals surface area (Å²) in [6.07, 6.45) is 4.38. The second kappa shape index (κ2) is 7.03. The van der Waals surface area contributed by atoms with Crippen LogP contribution >= 0.6 is 0 Å². The molecule has 0 spiro atoms.